The van der Waals surface area contributed by atoms with Gasteiger partial charge in [-0.05, 0) is 50.1 Å². The van der Waals surface area contributed by atoms with Gasteiger partial charge in [0.05, 0.1) is 6.61 Å². The fourth-order valence-corrected chi connectivity index (χ4v) is 3.12. The number of fused-ring (bicyclic) bond motifs is 1. The highest BCUT2D eigenvalue weighted by Crippen LogP contribution is 2.31. The van der Waals surface area contributed by atoms with Gasteiger partial charge in [0.1, 0.15) is 5.75 Å². The van der Waals surface area contributed by atoms with Crippen molar-refractivity contribution in [2.24, 2.45) is 0 Å². The van der Waals surface area contributed by atoms with Crippen LogP contribution in [0.3, 0.4) is 0 Å². The first-order valence-corrected chi connectivity index (χ1v) is 11.2. The molecular weight excluding hydrogens is 421 g/mol. The fourth-order valence-electron chi connectivity index (χ4n) is 3.12. The smallest absolute Gasteiger partial charge is 0.493 e. The van der Waals surface area contributed by atoms with Gasteiger partial charge in [-0.2, -0.15) is 21.6 Å². The minimum absolute atomic E-state index is 0.703. The molecule has 0 bridgehead atoms. The molecule has 2 heterocycles. The van der Waals surface area contributed by atoms with Crippen molar-refractivity contribution in [2.75, 3.05) is 26.2 Å². The molecule has 10 heteroatoms. The van der Waals surface area contributed by atoms with Gasteiger partial charge >= 0.3 is 15.6 Å². The van der Waals surface area contributed by atoms with Crippen LogP contribution in [0, 0.1) is 0 Å². The number of hydrogen-bond acceptors (Lipinski definition) is 4. The number of unbranched alkanes of at least 4 members (excludes halogenated alkanes) is 1. The monoisotopic (exact) mass is 448 g/mol. The number of aromatic amines is 1. The molecule has 0 amide bonds. The summed E-state index contributed by atoms with van der Waals surface area (Å²) in [4.78, 5) is 6.10. The zero-order chi connectivity index (χ0) is 22.4. The molecule has 3 rings (SSSR count). The lowest BCUT2D eigenvalue weighted by Crippen LogP contribution is -2.29. The molecule has 2 N–H and O–H groups in total. The van der Waals surface area contributed by atoms with Crippen molar-refractivity contribution in [3.05, 3.63) is 36.0 Å². The minimum Gasteiger partial charge on any atom is -0.493 e. The quantitative estimate of drug-likeness (QED) is 0.488. The average Bonchev–Trinajstić information content (AvgIpc) is 3.11. The second-order valence-corrected chi connectivity index (χ2v) is 8.30. The summed E-state index contributed by atoms with van der Waals surface area (Å²) in [5.41, 5.74) is -1.69. The molecule has 2 aromatic rings. The van der Waals surface area contributed by atoms with E-state index < -0.39 is 15.6 Å². The Labute approximate surface area is 174 Å². The van der Waals surface area contributed by atoms with Crippen LogP contribution in [0.4, 0.5) is 13.2 Å². The molecule has 6 nitrogen and oxygen atoms in total. The number of hydrogen-bond donors (Lipinski definition) is 2. The van der Waals surface area contributed by atoms with Gasteiger partial charge < -0.3 is 9.72 Å². The first-order chi connectivity index (χ1) is 14.1. The number of halogens is 3. The fraction of sp³-hybridized carbons (Fsp3) is 0.500. The number of rotatable bonds is 6. The summed E-state index contributed by atoms with van der Waals surface area (Å²) in [5, 5.41) is 1.19. The molecule has 0 saturated heterocycles. The summed E-state index contributed by atoms with van der Waals surface area (Å²) in [6.07, 6.45) is 6.08. The summed E-state index contributed by atoms with van der Waals surface area (Å²) < 4.78 is 63.3. The van der Waals surface area contributed by atoms with E-state index in [1.54, 1.807) is 0 Å². The third kappa shape index (κ3) is 6.48. The second kappa shape index (κ2) is 10.3. The number of nitrogens with one attached hydrogen (secondary N) is 1. The minimum atomic E-state index is -5.84. The molecule has 1 aliphatic heterocycles. The van der Waals surface area contributed by atoms with Gasteiger partial charge in [-0.1, -0.05) is 25.5 Å². The van der Waals surface area contributed by atoms with Crippen LogP contribution in [0.15, 0.2) is 30.3 Å². The number of nitrogens with zero attached hydrogens (tertiary/aromatic N) is 1. The first kappa shape index (κ1) is 24.2. The molecule has 168 valence electrons. The molecule has 0 atom stereocenters. The van der Waals surface area contributed by atoms with Gasteiger partial charge in [-0.25, -0.2) is 0 Å². The standard InChI is InChI=1S/C19H26N2O.CHF3O3S/c1-3-5-11-21-12-9-15(10-13-21)18-14-16-17(20-18)7-6-8-19(16)22-4-2;2-1(3,4)8(5,6)7/h6-9,14,20H,3-5,10-13H2,1-2H3;(H,5,6,7). The largest absolute Gasteiger partial charge is 0.522 e. The van der Waals surface area contributed by atoms with Crippen LogP contribution < -0.4 is 4.74 Å². The average molecular weight is 449 g/mol. The van der Waals surface area contributed by atoms with E-state index in [4.69, 9.17) is 17.7 Å². The topological polar surface area (TPSA) is 82.6 Å². The lowest BCUT2D eigenvalue weighted by Gasteiger charge is -2.25. The molecule has 1 aromatic heterocycles. The maximum absolute atomic E-state index is 10.7. The van der Waals surface area contributed by atoms with Gasteiger partial charge in [-0.3, -0.25) is 9.45 Å². The highest BCUT2D eigenvalue weighted by Gasteiger charge is 2.44. The van der Waals surface area contributed by atoms with Crippen molar-refractivity contribution in [2.45, 2.75) is 38.6 Å². The van der Waals surface area contributed by atoms with Gasteiger partial charge in [0.15, 0.2) is 0 Å². The number of benzene rings is 1. The normalized spacial score (nSPS) is 15.5. The Kier molecular flexibility index (Phi) is 8.34. The zero-order valence-electron chi connectivity index (χ0n) is 17.0. The predicted molar refractivity (Wildman–Crippen MR) is 111 cm³/mol. The van der Waals surface area contributed by atoms with Crippen LogP contribution in [0.2, 0.25) is 0 Å². The van der Waals surface area contributed by atoms with Crippen LogP contribution in [-0.4, -0.2) is 54.6 Å². The number of aromatic nitrogens is 1. The molecule has 30 heavy (non-hydrogen) atoms. The van der Waals surface area contributed by atoms with E-state index in [-0.39, 0.29) is 0 Å². The van der Waals surface area contributed by atoms with Gasteiger partial charge in [0.2, 0.25) is 0 Å². The van der Waals surface area contributed by atoms with E-state index in [0.717, 1.165) is 24.2 Å². The van der Waals surface area contributed by atoms with E-state index in [0.29, 0.717) is 6.61 Å². The summed E-state index contributed by atoms with van der Waals surface area (Å²) in [6.45, 7) is 8.45. The maximum atomic E-state index is 10.7. The maximum Gasteiger partial charge on any atom is 0.522 e. The van der Waals surface area contributed by atoms with Crippen LogP contribution in [0.25, 0.3) is 16.5 Å². The molecule has 0 saturated carbocycles. The lowest BCUT2D eigenvalue weighted by atomic mass is 10.0. The van der Waals surface area contributed by atoms with Gasteiger partial charge in [0, 0.05) is 29.7 Å². The van der Waals surface area contributed by atoms with Crippen molar-refractivity contribution in [3.63, 3.8) is 0 Å². The first-order valence-electron chi connectivity index (χ1n) is 9.76. The summed E-state index contributed by atoms with van der Waals surface area (Å²) in [6, 6.07) is 8.46. The third-order valence-corrected chi connectivity index (χ3v) is 5.27. The van der Waals surface area contributed by atoms with E-state index in [1.807, 2.05) is 13.0 Å². The Hall–Kier alpha value is -2.04. The van der Waals surface area contributed by atoms with Crippen molar-refractivity contribution in [3.8, 4) is 5.75 Å². The second-order valence-electron chi connectivity index (χ2n) is 6.89. The van der Waals surface area contributed by atoms with Crippen molar-refractivity contribution < 1.29 is 30.9 Å². The highest BCUT2D eigenvalue weighted by atomic mass is 32.2. The van der Waals surface area contributed by atoms with Crippen LogP contribution >= 0.6 is 0 Å². The van der Waals surface area contributed by atoms with Gasteiger partial charge in [-0.15, -0.1) is 0 Å². The number of alkyl halides is 3. The van der Waals surface area contributed by atoms with E-state index in [2.05, 4.69) is 41.1 Å². The molecule has 0 radical (unpaired) electrons. The SMILES string of the molecule is CCCCN1CC=C(c2cc3c(OCC)cccc3[nH]2)CC1.O=S(=O)(O)C(F)(F)F. The Morgan fingerprint density at radius 3 is 2.50 bits per heavy atom. The molecule has 0 fully saturated rings. The van der Waals surface area contributed by atoms with Crippen LogP contribution in [0.5, 0.6) is 5.75 Å². The Morgan fingerprint density at radius 2 is 1.97 bits per heavy atom. The highest BCUT2D eigenvalue weighted by molar-refractivity contribution is 7.86. The molecule has 0 aliphatic carbocycles. The van der Waals surface area contributed by atoms with Crippen LogP contribution in [0.1, 0.15) is 38.8 Å². The van der Waals surface area contributed by atoms with Crippen molar-refractivity contribution in [1.29, 1.82) is 0 Å². The summed E-state index contributed by atoms with van der Waals surface area (Å²) in [5.74, 6) is 0.975. The predicted octanol–water partition coefficient (Wildman–Crippen LogP) is 4.85. The molecular formula is C20H27F3N2O4S. The molecule has 0 unspecified atom stereocenters. The third-order valence-electron chi connectivity index (χ3n) is 4.68. The number of ether oxygens (including phenoxy) is 1. The molecule has 1 aromatic carbocycles. The Balaban J connectivity index is 0.000000343. The Morgan fingerprint density at radius 1 is 1.27 bits per heavy atom. The zero-order valence-corrected chi connectivity index (χ0v) is 17.8. The van der Waals surface area contributed by atoms with Crippen molar-refractivity contribution in [1.82, 2.24) is 9.88 Å². The Bertz CT molecular complexity index is 968. The van der Waals surface area contributed by atoms with E-state index in [1.165, 1.54) is 42.6 Å². The number of H-pyrrole nitrogens is 1. The van der Waals surface area contributed by atoms with Gasteiger partial charge in [0.25, 0.3) is 0 Å². The summed E-state index contributed by atoms with van der Waals surface area (Å²) in [7, 11) is -5.84. The lowest BCUT2D eigenvalue weighted by molar-refractivity contribution is -0.0510. The summed E-state index contributed by atoms with van der Waals surface area (Å²) >= 11 is 0. The van der Waals surface area contributed by atoms with Crippen molar-refractivity contribution >= 4 is 26.6 Å². The van der Waals surface area contributed by atoms with E-state index >= 15 is 0 Å². The van der Waals surface area contributed by atoms with Crippen LogP contribution in [-0.2, 0) is 10.1 Å². The molecule has 1 aliphatic rings. The van der Waals surface area contributed by atoms with E-state index in [9.17, 15) is 13.2 Å². The molecule has 0 spiro atoms.